The van der Waals surface area contributed by atoms with Gasteiger partial charge in [0.1, 0.15) is 18.1 Å². The maximum absolute atomic E-state index is 12.3. The molecule has 2 aromatic carbocycles. The lowest BCUT2D eigenvalue weighted by atomic mass is 10.1. The molecule has 2 rings (SSSR count). The Bertz CT molecular complexity index is 659. The van der Waals surface area contributed by atoms with Crippen LogP contribution in [0.4, 0.5) is 0 Å². The number of ether oxygens (including phenoxy) is 2. The van der Waals surface area contributed by atoms with E-state index in [0.29, 0.717) is 19.7 Å². The molecule has 0 aliphatic heterocycles. The number of para-hydroxylation sites is 1. The Balaban J connectivity index is 1.66. The van der Waals surface area contributed by atoms with Crippen molar-refractivity contribution >= 4 is 5.91 Å². The van der Waals surface area contributed by atoms with E-state index in [1.807, 2.05) is 73.5 Å². The third-order valence-corrected chi connectivity index (χ3v) is 4.37. The lowest BCUT2D eigenvalue weighted by Gasteiger charge is -2.23. The van der Waals surface area contributed by atoms with Crippen LogP contribution in [0.25, 0.3) is 0 Å². The van der Waals surface area contributed by atoms with Gasteiger partial charge in [-0.25, -0.2) is 0 Å². The number of amides is 1. The number of nitrogens with one attached hydrogen (secondary N) is 1. The van der Waals surface area contributed by atoms with Gasteiger partial charge in [0.05, 0.1) is 13.2 Å². The summed E-state index contributed by atoms with van der Waals surface area (Å²) in [5, 5.41) is 3.00. The largest absolute Gasteiger partial charge is 0.497 e. The molecule has 0 radical (unpaired) electrons. The Labute approximate surface area is 155 Å². The summed E-state index contributed by atoms with van der Waals surface area (Å²) in [7, 11) is 3.58. The van der Waals surface area contributed by atoms with Crippen molar-refractivity contribution in [3.05, 3.63) is 60.2 Å². The number of hydrogen-bond acceptors (Lipinski definition) is 4. The average molecular weight is 356 g/mol. The quantitative estimate of drug-likeness (QED) is 0.711. The summed E-state index contributed by atoms with van der Waals surface area (Å²) in [5.41, 5.74) is 1.17. The summed E-state index contributed by atoms with van der Waals surface area (Å²) in [4.78, 5) is 14.3. The number of nitrogens with zero attached hydrogens (tertiary/aromatic N) is 1. The zero-order chi connectivity index (χ0) is 18.8. The van der Waals surface area contributed by atoms with Crippen molar-refractivity contribution in [2.75, 3.05) is 33.9 Å². The van der Waals surface area contributed by atoms with Gasteiger partial charge in [-0.05, 0) is 50.2 Å². The highest BCUT2D eigenvalue weighted by Crippen LogP contribution is 2.11. The van der Waals surface area contributed by atoms with Gasteiger partial charge in [0, 0.05) is 13.1 Å². The first-order valence-corrected chi connectivity index (χ1v) is 8.89. The highest BCUT2D eigenvalue weighted by Gasteiger charge is 2.17. The van der Waals surface area contributed by atoms with Crippen molar-refractivity contribution in [2.24, 2.45) is 0 Å². The predicted molar refractivity (Wildman–Crippen MR) is 104 cm³/mol. The summed E-state index contributed by atoms with van der Waals surface area (Å²) < 4.78 is 10.8. The SMILES string of the molecule is COc1ccc(CCNC(=O)C(C)N(C)CCOc2ccccc2)cc1. The van der Waals surface area contributed by atoms with Gasteiger partial charge >= 0.3 is 0 Å². The minimum atomic E-state index is -0.203. The molecule has 26 heavy (non-hydrogen) atoms. The molecule has 0 saturated carbocycles. The van der Waals surface area contributed by atoms with E-state index in [4.69, 9.17) is 9.47 Å². The van der Waals surface area contributed by atoms with Crippen LogP contribution in [0.5, 0.6) is 11.5 Å². The summed E-state index contributed by atoms with van der Waals surface area (Å²) in [6.07, 6.45) is 0.795. The van der Waals surface area contributed by atoms with Gasteiger partial charge in [-0.3, -0.25) is 9.69 Å². The van der Waals surface area contributed by atoms with Gasteiger partial charge in [-0.15, -0.1) is 0 Å². The smallest absolute Gasteiger partial charge is 0.237 e. The van der Waals surface area contributed by atoms with Gasteiger partial charge < -0.3 is 14.8 Å². The Morgan fingerprint density at radius 1 is 1.08 bits per heavy atom. The molecule has 1 amide bonds. The van der Waals surface area contributed by atoms with Crippen LogP contribution in [0.1, 0.15) is 12.5 Å². The monoisotopic (exact) mass is 356 g/mol. The second kappa shape index (κ2) is 10.5. The number of hydrogen-bond donors (Lipinski definition) is 1. The number of carbonyl (C=O) groups is 1. The van der Waals surface area contributed by atoms with Crippen molar-refractivity contribution in [3.63, 3.8) is 0 Å². The van der Waals surface area contributed by atoms with Crippen LogP contribution in [-0.2, 0) is 11.2 Å². The van der Waals surface area contributed by atoms with Crippen LogP contribution in [-0.4, -0.2) is 50.7 Å². The van der Waals surface area contributed by atoms with Crippen molar-refractivity contribution in [2.45, 2.75) is 19.4 Å². The first kappa shape index (κ1) is 19.8. The molecule has 0 spiro atoms. The fraction of sp³-hybridized carbons (Fsp3) is 0.381. The molecular formula is C21H28N2O3. The fourth-order valence-electron chi connectivity index (χ4n) is 2.49. The van der Waals surface area contributed by atoms with Crippen LogP contribution in [0.15, 0.2) is 54.6 Å². The molecule has 0 aromatic heterocycles. The van der Waals surface area contributed by atoms with E-state index in [1.54, 1.807) is 7.11 Å². The van der Waals surface area contributed by atoms with Gasteiger partial charge in [0.25, 0.3) is 0 Å². The summed E-state index contributed by atoms with van der Waals surface area (Å²) >= 11 is 0. The molecule has 0 bridgehead atoms. The Kier molecular flexibility index (Phi) is 7.96. The molecule has 0 saturated heterocycles. The first-order chi connectivity index (χ1) is 12.6. The maximum Gasteiger partial charge on any atom is 0.237 e. The lowest BCUT2D eigenvalue weighted by molar-refractivity contribution is -0.125. The Morgan fingerprint density at radius 3 is 2.42 bits per heavy atom. The molecule has 1 atom stereocenters. The number of likely N-dealkylation sites (N-methyl/N-ethyl adjacent to an activating group) is 1. The summed E-state index contributed by atoms with van der Waals surface area (Å²) in [5.74, 6) is 1.71. The van der Waals surface area contributed by atoms with Crippen LogP contribution in [0, 0.1) is 0 Å². The predicted octanol–water partition coefficient (Wildman–Crippen LogP) is 2.75. The molecule has 0 fully saturated rings. The molecule has 2 aromatic rings. The van der Waals surface area contributed by atoms with E-state index in [1.165, 1.54) is 5.56 Å². The average Bonchev–Trinajstić information content (AvgIpc) is 2.68. The minimum Gasteiger partial charge on any atom is -0.497 e. The van der Waals surface area contributed by atoms with Crippen molar-refractivity contribution < 1.29 is 14.3 Å². The van der Waals surface area contributed by atoms with Crippen molar-refractivity contribution in [1.29, 1.82) is 0 Å². The van der Waals surface area contributed by atoms with Gasteiger partial charge in [0.15, 0.2) is 0 Å². The molecule has 5 heteroatoms. The highest BCUT2D eigenvalue weighted by molar-refractivity contribution is 5.81. The zero-order valence-corrected chi connectivity index (χ0v) is 15.8. The lowest BCUT2D eigenvalue weighted by Crippen LogP contribution is -2.45. The van der Waals surface area contributed by atoms with E-state index in [9.17, 15) is 4.79 Å². The minimum absolute atomic E-state index is 0.0284. The molecule has 140 valence electrons. The molecule has 5 nitrogen and oxygen atoms in total. The highest BCUT2D eigenvalue weighted by atomic mass is 16.5. The molecule has 1 unspecified atom stereocenters. The van der Waals surface area contributed by atoms with E-state index in [2.05, 4.69) is 5.32 Å². The van der Waals surface area contributed by atoms with Crippen molar-refractivity contribution in [1.82, 2.24) is 10.2 Å². The number of benzene rings is 2. The van der Waals surface area contributed by atoms with Crippen LogP contribution >= 0.6 is 0 Å². The Hall–Kier alpha value is -2.53. The normalized spacial score (nSPS) is 11.8. The molecule has 1 N–H and O–H groups in total. The van der Waals surface area contributed by atoms with E-state index in [-0.39, 0.29) is 11.9 Å². The Morgan fingerprint density at radius 2 is 1.77 bits per heavy atom. The van der Waals surface area contributed by atoms with Gasteiger partial charge in [-0.1, -0.05) is 30.3 Å². The van der Waals surface area contributed by atoms with Crippen LogP contribution in [0.3, 0.4) is 0 Å². The fourth-order valence-corrected chi connectivity index (χ4v) is 2.49. The molecule has 0 heterocycles. The molecule has 0 aliphatic carbocycles. The number of carbonyl (C=O) groups excluding carboxylic acids is 1. The standard InChI is InChI=1S/C21H28N2O3/c1-17(23(2)15-16-26-20-7-5-4-6-8-20)21(24)22-14-13-18-9-11-19(25-3)12-10-18/h4-12,17H,13-16H2,1-3H3,(H,22,24). The van der Waals surface area contributed by atoms with E-state index in [0.717, 1.165) is 17.9 Å². The second-order valence-corrected chi connectivity index (χ2v) is 6.21. The van der Waals surface area contributed by atoms with Gasteiger partial charge in [-0.2, -0.15) is 0 Å². The van der Waals surface area contributed by atoms with Crippen LogP contribution < -0.4 is 14.8 Å². The van der Waals surface area contributed by atoms with Crippen molar-refractivity contribution in [3.8, 4) is 11.5 Å². The topological polar surface area (TPSA) is 50.8 Å². The number of rotatable bonds is 10. The summed E-state index contributed by atoms with van der Waals surface area (Å²) in [6.45, 7) is 3.75. The third kappa shape index (κ3) is 6.41. The zero-order valence-electron chi connectivity index (χ0n) is 15.8. The summed E-state index contributed by atoms with van der Waals surface area (Å²) in [6, 6.07) is 17.4. The van der Waals surface area contributed by atoms with Crippen LogP contribution in [0.2, 0.25) is 0 Å². The molecular weight excluding hydrogens is 328 g/mol. The van der Waals surface area contributed by atoms with Gasteiger partial charge in [0.2, 0.25) is 5.91 Å². The van der Waals surface area contributed by atoms with E-state index < -0.39 is 0 Å². The van der Waals surface area contributed by atoms with E-state index >= 15 is 0 Å². The second-order valence-electron chi connectivity index (χ2n) is 6.21. The maximum atomic E-state index is 12.3. The molecule has 0 aliphatic rings. The third-order valence-electron chi connectivity index (χ3n) is 4.37. The number of methoxy groups -OCH3 is 1. The first-order valence-electron chi connectivity index (χ1n) is 8.89.